The van der Waals surface area contributed by atoms with Gasteiger partial charge in [0.15, 0.2) is 5.76 Å². The van der Waals surface area contributed by atoms with Crippen LogP contribution in [-0.4, -0.2) is 25.3 Å². The number of benzene rings is 1. The van der Waals surface area contributed by atoms with Crippen molar-refractivity contribution in [2.45, 2.75) is 6.92 Å². The van der Waals surface area contributed by atoms with E-state index in [1.807, 2.05) is 0 Å². The van der Waals surface area contributed by atoms with E-state index >= 15 is 0 Å². The van der Waals surface area contributed by atoms with Gasteiger partial charge < -0.3 is 4.42 Å². The summed E-state index contributed by atoms with van der Waals surface area (Å²) in [5.74, 6) is 0.268. The number of fused-ring (bicyclic) bond motifs is 1. The lowest BCUT2D eigenvalue weighted by molar-refractivity contribution is -0.384. The van der Waals surface area contributed by atoms with Crippen molar-refractivity contribution in [3.05, 3.63) is 40.1 Å². The predicted molar refractivity (Wildman–Crippen MR) is 71.0 cm³/mol. The zero-order valence-corrected chi connectivity index (χ0v) is 11.4. The van der Waals surface area contributed by atoms with E-state index in [0.29, 0.717) is 11.0 Å². The van der Waals surface area contributed by atoms with Gasteiger partial charge in [0.25, 0.3) is 5.69 Å². The van der Waals surface area contributed by atoms with Crippen molar-refractivity contribution >= 4 is 32.5 Å². The monoisotopic (exact) mass is 298 g/mol. The van der Waals surface area contributed by atoms with Crippen LogP contribution in [0.1, 0.15) is 12.7 Å². The third kappa shape index (κ3) is 3.12. The molecule has 0 unspecified atom stereocenters. The fourth-order valence-corrected chi connectivity index (χ4v) is 1.74. The molecule has 1 aromatic carbocycles. The highest BCUT2D eigenvalue weighted by Gasteiger charge is 2.12. The van der Waals surface area contributed by atoms with Gasteiger partial charge in [-0.2, -0.15) is 8.42 Å². The molecule has 9 heteroatoms. The molecule has 0 amide bonds. The van der Waals surface area contributed by atoms with E-state index < -0.39 is 15.0 Å². The largest absolute Gasteiger partial charge is 0.455 e. The van der Waals surface area contributed by atoms with Crippen molar-refractivity contribution in [1.82, 2.24) is 0 Å². The maximum atomic E-state index is 10.8. The Morgan fingerprint density at radius 3 is 2.70 bits per heavy atom. The molecule has 2 rings (SSSR count). The molecular weight excluding hydrogens is 288 g/mol. The van der Waals surface area contributed by atoms with Crippen LogP contribution >= 0.6 is 0 Å². The van der Waals surface area contributed by atoms with Crippen molar-refractivity contribution in [3.63, 3.8) is 0 Å². The summed E-state index contributed by atoms with van der Waals surface area (Å²) in [7, 11) is -3.69. The number of nitrogens with zero attached hydrogens (tertiary/aromatic N) is 2. The lowest BCUT2D eigenvalue weighted by atomic mass is 10.2. The molecule has 2 aromatic rings. The van der Waals surface area contributed by atoms with Gasteiger partial charge in [-0.05, 0) is 19.1 Å². The molecule has 0 atom stereocenters. The lowest BCUT2D eigenvalue weighted by Crippen LogP contribution is -2.00. The molecule has 0 radical (unpaired) electrons. The maximum Gasteiger partial charge on any atom is 0.325 e. The summed E-state index contributed by atoms with van der Waals surface area (Å²) in [4.78, 5) is 10.1. The molecule has 0 saturated carbocycles. The zero-order valence-electron chi connectivity index (χ0n) is 10.6. The molecule has 0 fully saturated rings. The summed E-state index contributed by atoms with van der Waals surface area (Å²) < 4.78 is 31.3. The molecule has 20 heavy (non-hydrogen) atoms. The van der Waals surface area contributed by atoms with E-state index in [1.54, 1.807) is 0 Å². The minimum atomic E-state index is -3.69. The number of rotatable bonds is 4. The van der Waals surface area contributed by atoms with Gasteiger partial charge in [-0.15, -0.1) is 0 Å². The second kappa shape index (κ2) is 4.93. The summed E-state index contributed by atoms with van der Waals surface area (Å²) in [6.07, 6.45) is 0.867. The van der Waals surface area contributed by atoms with Crippen LogP contribution in [0.25, 0.3) is 11.0 Å². The normalized spacial score (nSPS) is 12.6. The number of nitro benzene ring substituents is 1. The number of non-ortho nitro benzene ring substituents is 1. The molecule has 0 saturated heterocycles. The van der Waals surface area contributed by atoms with Crippen LogP contribution in [-0.2, 0) is 14.4 Å². The number of hydrogen-bond donors (Lipinski definition) is 0. The standard InChI is InChI=1S/C11H10N2O6S/c1-7(12-19-20(2,16)17)11-6-8-5-9(13(14)15)3-4-10(8)18-11/h3-6H,1-2H3. The Bertz CT molecular complexity index is 805. The third-order valence-corrected chi connectivity index (χ3v) is 2.72. The first-order valence-electron chi connectivity index (χ1n) is 5.38. The Labute approximate surface area is 113 Å². The van der Waals surface area contributed by atoms with E-state index in [9.17, 15) is 18.5 Å². The highest BCUT2D eigenvalue weighted by molar-refractivity contribution is 7.85. The minimum Gasteiger partial charge on any atom is -0.455 e. The van der Waals surface area contributed by atoms with Crippen LogP contribution < -0.4 is 0 Å². The van der Waals surface area contributed by atoms with Crippen molar-refractivity contribution in [3.8, 4) is 0 Å². The van der Waals surface area contributed by atoms with Gasteiger partial charge in [-0.1, -0.05) is 5.16 Å². The number of hydrogen-bond acceptors (Lipinski definition) is 7. The summed E-state index contributed by atoms with van der Waals surface area (Å²) in [5, 5.41) is 14.6. The molecule has 0 aliphatic heterocycles. The second-order valence-corrected chi connectivity index (χ2v) is 5.60. The second-order valence-electron chi connectivity index (χ2n) is 4.05. The van der Waals surface area contributed by atoms with Crippen LogP contribution in [0.2, 0.25) is 0 Å². The Kier molecular flexibility index (Phi) is 3.45. The van der Waals surface area contributed by atoms with Gasteiger partial charge in [0.1, 0.15) is 11.3 Å². The van der Waals surface area contributed by atoms with Crippen molar-refractivity contribution in [1.29, 1.82) is 0 Å². The topological polar surface area (TPSA) is 112 Å². The van der Waals surface area contributed by atoms with Crippen LogP contribution in [0.3, 0.4) is 0 Å². The third-order valence-electron chi connectivity index (χ3n) is 2.38. The van der Waals surface area contributed by atoms with Crippen LogP contribution in [0.4, 0.5) is 5.69 Å². The summed E-state index contributed by atoms with van der Waals surface area (Å²) in [6, 6.07) is 5.65. The summed E-state index contributed by atoms with van der Waals surface area (Å²) >= 11 is 0. The SMILES string of the molecule is CC(=NOS(C)(=O)=O)c1cc2cc([N+](=O)[O-])ccc2o1. The molecule has 1 aromatic heterocycles. The molecule has 106 valence electrons. The number of nitro groups is 1. The van der Waals surface area contributed by atoms with E-state index in [-0.39, 0.29) is 17.2 Å². The maximum absolute atomic E-state index is 10.8. The molecular formula is C11H10N2O6S. The Morgan fingerprint density at radius 2 is 2.10 bits per heavy atom. The van der Waals surface area contributed by atoms with Gasteiger partial charge in [0.2, 0.25) is 0 Å². The first-order valence-corrected chi connectivity index (χ1v) is 7.19. The van der Waals surface area contributed by atoms with Gasteiger partial charge in [-0.25, -0.2) is 0 Å². The highest BCUT2D eigenvalue weighted by Crippen LogP contribution is 2.24. The van der Waals surface area contributed by atoms with E-state index in [0.717, 1.165) is 6.26 Å². The number of furan rings is 1. The van der Waals surface area contributed by atoms with Gasteiger partial charge >= 0.3 is 10.1 Å². The molecule has 0 bridgehead atoms. The summed E-state index contributed by atoms with van der Waals surface area (Å²) in [5.41, 5.74) is 0.570. The van der Waals surface area contributed by atoms with Crippen molar-refractivity contribution in [2.24, 2.45) is 5.16 Å². The first kappa shape index (κ1) is 14.0. The Morgan fingerprint density at radius 1 is 1.40 bits per heavy atom. The Hall–Kier alpha value is -2.42. The average Bonchev–Trinajstić information content (AvgIpc) is 2.77. The molecule has 1 heterocycles. The fraction of sp³-hybridized carbons (Fsp3) is 0.182. The van der Waals surface area contributed by atoms with Crippen molar-refractivity contribution in [2.75, 3.05) is 6.26 Å². The zero-order chi connectivity index (χ0) is 14.9. The van der Waals surface area contributed by atoms with Gasteiger partial charge in [0, 0.05) is 17.5 Å². The van der Waals surface area contributed by atoms with E-state index in [4.69, 9.17) is 4.42 Å². The molecule has 0 aliphatic rings. The van der Waals surface area contributed by atoms with Crippen LogP contribution in [0.15, 0.2) is 33.8 Å². The van der Waals surface area contributed by atoms with Gasteiger partial charge in [0.05, 0.1) is 11.2 Å². The molecule has 8 nitrogen and oxygen atoms in total. The van der Waals surface area contributed by atoms with Gasteiger partial charge in [-0.3, -0.25) is 14.4 Å². The number of oxime groups is 1. The van der Waals surface area contributed by atoms with Crippen LogP contribution in [0, 0.1) is 10.1 Å². The molecule has 0 aliphatic carbocycles. The first-order chi connectivity index (χ1) is 9.26. The summed E-state index contributed by atoms with van der Waals surface area (Å²) in [6.45, 7) is 1.50. The smallest absolute Gasteiger partial charge is 0.325 e. The fourth-order valence-electron chi connectivity index (χ4n) is 1.49. The highest BCUT2D eigenvalue weighted by atomic mass is 32.2. The van der Waals surface area contributed by atoms with Crippen molar-refractivity contribution < 1.29 is 22.0 Å². The quantitative estimate of drug-likeness (QED) is 0.485. The average molecular weight is 298 g/mol. The van der Waals surface area contributed by atoms with E-state index in [1.165, 1.54) is 31.2 Å². The van der Waals surface area contributed by atoms with E-state index in [2.05, 4.69) is 9.44 Å². The molecule has 0 spiro atoms. The lowest BCUT2D eigenvalue weighted by Gasteiger charge is -1.95. The predicted octanol–water partition coefficient (Wildman–Crippen LogP) is 2.04. The Balaban J connectivity index is 2.39. The van der Waals surface area contributed by atoms with Crippen LogP contribution in [0.5, 0.6) is 0 Å². The molecule has 0 N–H and O–H groups in total. The minimum absolute atomic E-state index is 0.0631.